The van der Waals surface area contributed by atoms with Gasteiger partial charge in [-0.2, -0.15) is 0 Å². The van der Waals surface area contributed by atoms with Gasteiger partial charge in [-0.05, 0) is 25.5 Å². The van der Waals surface area contributed by atoms with Crippen molar-refractivity contribution in [1.82, 2.24) is 4.90 Å². The molecule has 2 N–H and O–H groups in total. The van der Waals surface area contributed by atoms with E-state index in [1.807, 2.05) is 38.1 Å². The molecule has 0 radical (unpaired) electrons. The number of hydrogen-bond donors (Lipinski definition) is 1. The van der Waals surface area contributed by atoms with Crippen LogP contribution in [0.5, 0.6) is 0 Å². The number of nitrogens with two attached hydrogens (primary N) is 1. The van der Waals surface area contributed by atoms with E-state index in [9.17, 15) is 4.79 Å². The standard InChI is InChI=1S/C13H18N2OS/c1-3-7-15(9-12(14)17)13(16)11-6-4-5-10(2)8-11/h4-6,8H,3,7,9H2,1-2H3,(H2,14,17). The van der Waals surface area contributed by atoms with Crippen LogP contribution in [0.2, 0.25) is 0 Å². The van der Waals surface area contributed by atoms with Gasteiger partial charge in [-0.25, -0.2) is 0 Å². The van der Waals surface area contributed by atoms with Crippen molar-refractivity contribution in [1.29, 1.82) is 0 Å². The molecule has 0 heterocycles. The molecule has 1 amide bonds. The van der Waals surface area contributed by atoms with Crippen LogP contribution >= 0.6 is 12.2 Å². The summed E-state index contributed by atoms with van der Waals surface area (Å²) < 4.78 is 0. The van der Waals surface area contributed by atoms with Crippen LogP contribution in [0.1, 0.15) is 29.3 Å². The third-order valence-corrected chi connectivity index (χ3v) is 2.52. The molecule has 1 rings (SSSR count). The van der Waals surface area contributed by atoms with Crippen molar-refractivity contribution in [2.75, 3.05) is 13.1 Å². The van der Waals surface area contributed by atoms with Gasteiger partial charge in [0.15, 0.2) is 0 Å². The predicted molar refractivity (Wildman–Crippen MR) is 74.2 cm³/mol. The Kier molecular flexibility index (Phi) is 5.10. The number of carbonyl (C=O) groups excluding carboxylic acids is 1. The van der Waals surface area contributed by atoms with Gasteiger partial charge in [-0.1, -0.05) is 36.8 Å². The molecule has 0 aliphatic rings. The number of amides is 1. The van der Waals surface area contributed by atoms with E-state index in [0.717, 1.165) is 12.0 Å². The van der Waals surface area contributed by atoms with Crippen LogP contribution < -0.4 is 5.73 Å². The molecule has 0 aliphatic carbocycles. The predicted octanol–water partition coefficient (Wildman–Crippen LogP) is 2.13. The van der Waals surface area contributed by atoms with Crippen LogP contribution in [0.4, 0.5) is 0 Å². The molecular weight excluding hydrogens is 232 g/mol. The van der Waals surface area contributed by atoms with Crippen molar-refractivity contribution < 1.29 is 4.79 Å². The molecule has 1 aromatic rings. The lowest BCUT2D eigenvalue weighted by Gasteiger charge is -2.21. The molecule has 0 aliphatic heterocycles. The van der Waals surface area contributed by atoms with Crippen molar-refractivity contribution in [3.05, 3.63) is 35.4 Å². The van der Waals surface area contributed by atoms with E-state index in [2.05, 4.69) is 0 Å². The molecule has 0 unspecified atom stereocenters. The minimum Gasteiger partial charge on any atom is -0.392 e. The second kappa shape index (κ2) is 6.35. The van der Waals surface area contributed by atoms with Crippen molar-refractivity contribution >= 4 is 23.1 Å². The average Bonchev–Trinajstić information content (AvgIpc) is 2.27. The van der Waals surface area contributed by atoms with Gasteiger partial charge < -0.3 is 10.6 Å². The molecule has 1 aromatic carbocycles. The Balaban J connectivity index is 2.87. The Morgan fingerprint density at radius 3 is 2.71 bits per heavy atom. The highest BCUT2D eigenvalue weighted by molar-refractivity contribution is 7.80. The lowest BCUT2D eigenvalue weighted by atomic mass is 10.1. The number of thiocarbonyl (C=S) groups is 1. The van der Waals surface area contributed by atoms with Crippen LogP contribution in [0.25, 0.3) is 0 Å². The number of rotatable bonds is 5. The average molecular weight is 250 g/mol. The number of nitrogens with zero attached hydrogens (tertiary/aromatic N) is 1. The fraction of sp³-hybridized carbons (Fsp3) is 0.385. The topological polar surface area (TPSA) is 46.3 Å². The second-order valence-corrected chi connectivity index (χ2v) is 4.59. The molecule has 0 bridgehead atoms. The van der Waals surface area contributed by atoms with Gasteiger partial charge in [0.1, 0.15) is 0 Å². The third kappa shape index (κ3) is 4.15. The Morgan fingerprint density at radius 1 is 1.47 bits per heavy atom. The molecule has 0 aromatic heterocycles. The quantitative estimate of drug-likeness (QED) is 0.814. The minimum absolute atomic E-state index is 0.0108. The highest BCUT2D eigenvalue weighted by Gasteiger charge is 2.15. The number of aryl methyl sites for hydroxylation is 1. The fourth-order valence-electron chi connectivity index (χ4n) is 1.67. The van der Waals surface area contributed by atoms with Crippen LogP contribution in [0, 0.1) is 6.92 Å². The zero-order valence-corrected chi connectivity index (χ0v) is 11.1. The molecule has 0 atom stereocenters. The van der Waals surface area contributed by atoms with Crippen LogP contribution in [-0.2, 0) is 0 Å². The smallest absolute Gasteiger partial charge is 0.254 e. The Labute approximate surface area is 108 Å². The molecule has 0 fully saturated rings. The van der Waals surface area contributed by atoms with E-state index < -0.39 is 0 Å². The first-order chi connectivity index (χ1) is 8.04. The summed E-state index contributed by atoms with van der Waals surface area (Å²) in [5.74, 6) is -0.0108. The lowest BCUT2D eigenvalue weighted by Crippen LogP contribution is -2.38. The monoisotopic (exact) mass is 250 g/mol. The highest BCUT2D eigenvalue weighted by atomic mass is 32.1. The number of hydrogen-bond acceptors (Lipinski definition) is 2. The first kappa shape index (κ1) is 13.6. The summed E-state index contributed by atoms with van der Waals surface area (Å²) in [7, 11) is 0. The molecule has 92 valence electrons. The Morgan fingerprint density at radius 2 is 2.18 bits per heavy atom. The van der Waals surface area contributed by atoms with Gasteiger partial charge in [-0.3, -0.25) is 4.79 Å². The van der Waals surface area contributed by atoms with Gasteiger partial charge >= 0.3 is 0 Å². The minimum atomic E-state index is -0.0108. The molecule has 3 nitrogen and oxygen atoms in total. The maximum atomic E-state index is 12.2. The largest absolute Gasteiger partial charge is 0.392 e. The van der Waals surface area contributed by atoms with Crippen molar-refractivity contribution in [2.45, 2.75) is 20.3 Å². The maximum Gasteiger partial charge on any atom is 0.254 e. The Bertz CT molecular complexity index is 418. The molecule has 0 saturated heterocycles. The molecule has 4 heteroatoms. The van der Waals surface area contributed by atoms with E-state index in [1.54, 1.807) is 4.90 Å². The summed E-state index contributed by atoms with van der Waals surface area (Å²) >= 11 is 4.86. The van der Waals surface area contributed by atoms with Gasteiger partial charge in [0.05, 0.1) is 11.5 Å². The van der Waals surface area contributed by atoms with E-state index in [0.29, 0.717) is 23.6 Å². The zero-order valence-electron chi connectivity index (χ0n) is 10.3. The van der Waals surface area contributed by atoms with Crippen LogP contribution in [0.15, 0.2) is 24.3 Å². The van der Waals surface area contributed by atoms with E-state index in [-0.39, 0.29) is 5.91 Å². The van der Waals surface area contributed by atoms with Crippen LogP contribution in [0.3, 0.4) is 0 Å². The van der Waals surface area contributed by atoms with Crippen molar-refractivity contribution in [2.24, 2.45) is 5.73 Å². The van der Waals surface area contributed by atoms with Crippen molar-refractivity contribution in [3.63, 3.8) is 0 Å². The van der Waals surface area contributed by atoms with Gasteiger partial charge in [0.2, 0.25) is 0 Å². The normalized spacial score (nSPS) is 10.0. The number of carbonyl (C=O) groups is 1. The summed E-state index contributed by atoms with van der Waals surface area (Å²) in [6.45, 7) is 5.00. The van der Waals surface area contributed by atoms with E-state index in [1.165, 1.54) is 0 Å². The van der Waals surface area contributed by atoms with Crippen molar-refractivity contribution in [3.8, 4) is 0 Å². The van der Waals surface area contributed by atoms with Gasteiger partial charge in [0, 0.05) is 12.1 Å². The van der Waals surface area contributed by atoms with E-state index in [4.69, 9.17) is 18.0 Å². The van der Waals surface area contributed by atoms with E-state index >= 15 is 0 Å². The third-order valence-electron chi connectivity index (χ3n) is 2.39. The summed E-state index contributed by atoms with van der Waals surface area (Å²) in [5.41, 5.74) is 7.27. The Hall–Kier alpha value is -1.42. The van der Waals surface area contributed by atoms with Gasteiger partial charge in [-0.15, -0.1) is 0 Å². The number of benzene rings is 1. The first-order valence-corrected chi connectivity index (χ1v) is 6.09. The lowest BCUT2D eigenvalue weighted by molar-refractivity contribution is 0.0780. The first-order valence-electron chi connectivity index (χ1n) is 5.69. The zero-order chi connectivity index (χ0) is 12.8. The SMILES string of the molecule is CCCN(CC(N)=S)C(=O)c1cccc(C)c1. The summed E-state index contributed by atoms with van der Waals surface area (Å²) in [4.78, 5) is 14.3. The highest BCUT2D eigenvalue weighted by Crippen LogP contribution is 2.08. The van der Waals surface area contributed by atoms with Crippen LogP contribution in [-0.4, -0.2) is 28.9 Å². The van der Waals surface area contributed by atoms with Gasteiger partial charge in [0.25, 0.3) is 5.91 Å². The molecule has 0 spiro atoms. The summed E-state index contributed by atoms with van der Waals surface area (Å²) in [6.07, 6.45) is 0.889. The maximum absolute atomic E-state index is 12.2. The second-order valence-electron chi connectivity index (χ2n) is 4.06. The molecular formula is C13H18N2OS. The summed E-state index contributed by atoms with van der Waals surface area (Å²) in [5, 5.41) is 0. The summed E-state index contributed by atoms with van der Waals surface area (Å²) in [6, 6.07) is 7.55. The fourth-order valence-corrected chi connectivity index (χ4v) is 1.83. The molecule has 0 saturated carbocycles. The molecule has 17 heavy (non-hydrogen) atoms.